The van der Waals surface area contributed by atoms with Crippen molar-refractivity contribution in [3.8, 4) is 11.4 Å². The zero-order valence-corrected chi connectivity index (χ0v) is 16.2. The smallest absolute Gasteiger partial charge is 0.387 e. The Morgan fingerprint density at radius 3 is 2.77 bits per heavy atom. The number of anilines is 1. The standard InChI is InChI=1S/C21H14ClF2N3O4/c1-30-20(29)16-17(25)13-6-5-10(31-21(23)24)9-15(13)27(19(16)28)14-4-2-3-12-11(14)7-8-26-18(12)22/h2-9,21H,25H2,1H3/i1D3. The molecule has 2 heterocycles. The third-order valence-electron chi connectivity index (χ3n) is 4.68. The number of pyridine rings is 2. The van der Waals surface area contributed by atoms with Crippen LogP contribution in [0.25, 0.3) is 27.4 Å². The monoisotopic (exact) mass is 448 g/mol. The average Bonchev–Trinajstić information content (AvgIpc) is 2.72. The molecule has 0 aliphatic rings. The number of hydrogen-bond acceptors (Lipinski definition) is 6. The number of hydrogen-bond donors (Lipinski definition) is 1. The highest BCUT2D eigenvalue weighted by Gasteiger charge is 2.24. The van der Waals surface area contributed by atoms with E-state index in [1.54, 1.807) is 18.2 Å². The quantitative estimate of drug-likeness (QED) is 0.372. The second kappa shape index (κ2) is 7.84. The number of benzene rings is 2. The van der Waals surface area contributed by atoms with Gasteiger partial charge in [0.15, 0.2) is 0 Å². The van der Waals surface area contributed by atoms with Crippen LogP contribution in [-0.2, 0) is 4.74 Å². The van der Waals surface area contributed by atoms with Crippen molar-refractivity contribution in [2.75, 3.05) is 12.8 Å². The lowest BCUT2D eigenvalue weighted by Crippen LogP contribution is -2.28. The van der Waals surface area contributed by atoms with Gasteiger partial charge in [0.05, 0.1) is 28.0 Å². The third kappa shape index (κ3) is 3.42. The van der Waals surface area contributed by atoms with Crippen molar-refractivity contribution in [1.29, 1.82) is 0 Å². The third-order valence-corrected chi connectivity index (χ3v) is 4.99. The number of fused-ring (bicyclic) bond motifs is 2. The fraction of sp³-hybridized carbons (Fsp3) is 0.0952. The van der Waals surface area contributed by atoms with Crippen LogP contribution in [0, 0.1) is 0 Å². The van der Waals surface area contributed by atoms with Gasteiger partial charge in [-0.2, -0.15) is 8.78 Å². The average molecular weight is 449 g/mol. The maximum absolute atomic E-state index is 13.6. The zero-order valence-electron chi connectivity index (χ0n) is 18.4. The number of carbonyl (C=O) groups is 1. The Morgan fingerprint density at radius 1 is 1.23 bits per heavy atom. The van der Waals surface area contributed by atoms with Crippen LogP contribution in [0.15, 0.2) is 53.5 Å². The largest absolute Gasteiger partial charge is 0.465 e. The minimum absolute atomic E-state index is 0.0199. The van der Waals surface area contributed by atoms with Crippen LogP contribution in [0.5, 0.6) is 5.75 Å². The predicted molar refractivity (Wildman–Crippen MR) is 112 cm³/mol. The van der Waals surface area contributed by atoms with Crippen molar-refractivity contribution < 1.29 is 27.2 Å². The summed E-state index contributed by atoms with van der Waals surface area (Å²) < 4.78 is 57.1. The number of rotatable bonds is 4. The predicted octanol–water partition coefficient (Wildman–Crippen LogP) is 4.16. The minimum Gasteiger partial charge on any atom is -0.465 e. The fourth-order valence-corrected chi connectivity index (χ4v) is 3.63. The van der Waals surface area contributed by atoms with Crippen molar-refractivity contribution >= 4 is 44.9 Å². The Balaban J connectivity index is 2.13. The molecule has 158 valence electrons. The van der Waals surface area contributed by atoms with Gasteiger partial charge in [0.2, 0.25) is 0 Å². The molecule has 0 spiro atoms. The molecule has 2 aromatic carbocycles. The van der Waals surface area contributed by atoms with E-state index in [0.29, 0.717) is 10.8 Å². The Morgan fingerprint density at radius 2 is 2.03 bits per heavy atom. The van der Waals surface area contributed by atoms with Crippen molar-refractivity contribution in [2.24, 2.45) is 0 Å². The molecule has 2 N–H and O–H groups in total. The number of aromatic nitrogens is 2. The summed E-state index contributed by atoms with van der Waals surface area (Å²) in [7, 11) is -3.14. The van der Waals surface area contributed by atoms with Gasteiger partial charge < -0.3 is 15.2 Å². The number of alkyl halides is 2. The van der Waals surface area contributed by atoms with Gasteiger partial charge in [-0.25, -0.2) is 9.78 Å². The van der Waals surface area contributed by atoms with Crippen LogP contribution in [0.1, 0.15) is 14.5 Å². The van der Waals surface area contributed by atoms with Gasteiger partial charge in [0, 0.05) is 28.4 Å². The molecule has 10 heteroatoms. The lowest BCUT2D eigenvalue weighted by atomic mass is 10.1. The van der Waals surface area contributed by atoms with Gasteiger partial charge >= 0.3 is 12.6 Å². The molecule has 0 radical (unpaired) electrons. The van der Waals surface area contributed by atoms with Crippen LogP contribution in [-0.4, -0.2) is 29.2 Å². The number of ether oxygens (including phenoxy) is 2. The zero-order chi connectivity index (χ0) is 24.8. The van der Waals surface area contributed by atoms with Gasteiger partial charge in [-0.15, -0.1) is 0 Å². The van der Waals surface area contributed by atoms with E-state index < -0.39 is 30.7 Å². The van der Waals surface area contributed by atoms with Crippen LogP contribution in [0.3, 0.4) is 0 Å². The summed E-state index contributed by atoms with van der Waals surface area (Å²) in [4.78, 5) is 30.2. The lowest BCUT2D eigenvalue weighted by Gasteiger charge is -2.17. The number of nitrogens with zero attached hydrogens (tertiary/aromatic N) is 2. The molecule has 0 fully saturated rings. The molecule has 0 amide bonds. The molecule has 0 unspecified atom stereocenters. The maximum Gasteiger partial charge on any atom is 0.387 e. The molecule has 0 atom stereocenters. The first-order chi connectivity index (χ1) is 16.0. The number of esters is 1. The molecule has 0 saturated heterocycles. The summed E-state index contributed by atoms with van der Waals surface area (Å²) >= 11 is 6.18. The molecule has 0 saturated carbocycles. The van der Waals surface area contributed by atoms with E-state index in [4.69, 9.17) is 21.4 Å². The molecule has 0 aliphatic carbocycles. The summed E-state index contributed by atoms with van der Waals surface area (Å²) in [5, 5.41) is 1.13. The van der Waals surface area contributed by atoms with Crippen LogP contribution in [0.4, 0.5) is 14.5 Å². The second-order valence-corrected chi connectivity index (χ2v) is 6.71. The van der Waals surface area contributed by atoms with Crippen molar-refractivity contribution in [2.45, 2.75) is 6.61 Å². The summed E-state index contributed by atoms with van der Waals surface area (Å²) in [5.41, 5.74) is 4.13. The Bertz CT molecular complexity index is 1510. The first-order valence-corrected chi connectivity index (χ1v) is 9.06. The highest BCUT2D eigenvalue weighted by atomic mass is 35.5. The molecular formula is C21H14ClF2N3O4. The van der Waals surface area contributed by atoms with Gasteiger partial charge in [0.25, 0.3) is 5.56 Å². The van der Waals surface area contributed by atoms with Crippen molar-refractivity contribution in [3.05, 3.63) is 69.7 Å². The molecule has 4 aromatic rings. The highest BCUT2D eigenvalue weighted by Crippen LogP contribution is 2.32. The number of halogens is 3. The Kier molecular flexibility index (Phi) is 4.30. The van der Waals surface area contributed by atoms with Crippen molar-refractivity contribution in [3.63, 3.8) is 0 Å². The van der Waals surface area contributed by atoms with Gasteiger partial charge in [-0.3, -0.25) is 9.36 Å². The molecule has 2 aromatic heterocycles. The Labute approximate surface area is 182 Å². The minimum atomic E-state index is -3.14. The van der Waals surface area contributed by atoms with E-state index in [1.165, 1.54) is 24.4 Å². The summed E-state index contributed by atoms with van der Waals surface area (Å²) in [6.07, 6.45) is 1.40. The molecule has 0 bridgehead atoms. The van der Waals surface area contributed by atoms with E-state index in [9.17, 15) is 18.4 Å². The topological polar surface area (TPSA) is 96.4 Å². The molecule has 31 heavy (non-hydrogen) atoms. The molecule has 0 aliphatic heterocycles. The van der Waals surface area contributed by atoms with E-state index in [-0.39, 0.29) is 33.2 Å². The first-order valence-electron chi connectivity index (χ1n) is 10.2. The van der Waals surface area contributed by atoms with Gasteiger partial charge in [-0.1, -0.05) is 23.7 Å². The normalized spacial score (nSPS) is 13.1. The van der Waals surface area contributed by atoms with Gasteiger partial charge in [0.1, 0.15) is 16.5 Å². The van der Waals surface area contributed by atoms with E-state index in [1.807, 2.05) is 0 Å². The molecular weight excluding hydrogens is 432 g/mol. The number of nitrogen functional groups attached to an aromatic ring is 1. The molecule has 4 rings (SSSR count). The fourth-order valence-electron chi connectivity index (χ4n) is 3.41. The highest BCUT2D eigenvalue weighted by molar-refractivity contribution is 6.34. The maximum atomic E-state index is 13.6. The van der Waals surface area contributed by atoms with E-state index in [0.717, 1.165) is 10.6 Å². The van der Waals surface area contributed by atoms with Crippen molar-refractivity contribution in [1.82, 2.24) is 9.55 Å². The van der Waals surface area contributed by atoms with Crippen LogP contribution < -0.4 is 16.0 Å². The number of nitrogens with two attached hydrogens (primary N) is 1. The van der Waals surface area contributed by atoms with Crippen LogP contribution >= 0.6 is 11.6 Å². The number of carbonyl (C=O) groups excluding carboxylic acids is 1. The number of methoxy groups -OCH3 is 1. The molecule has 7 nitrogen and oxygen atoms in total. The summed E-state index contributed by atoms with van der Waals surface area (Å²) in [6, 6.07) is 9.89. The van der Waals surface area contributed by atoms with E-state index >= 15 is 0 Å². The Hall–Kier alpha value is -3.72. The van der Waals surface area contributed by atoms with E-state index in [2.05, 4.69) is 14.5 Å². The van der Waals surface area contributed by atoms with Crippen LogP contribution in [0.2, 0.25) is 5.15 Å². The SMILES string of the molecule is [2H]C([2H])([2H])OC(=O)c1c(N)c2ccc(OC(F)F)cc2n(-c2cccc3c(Cl)nccc23)c1=O. The summed E-state index contributed by atoms with van der Waals surface area (Å²) in [5.74, 6) is -1.74. The lowest BCUT2D eigenvalue weighted by molar-refractivity contribution is -0.0497. The summed E-state index contributed by atoms with van der Waals surface area (Å²) in [6.45, 7) is -3.13. The first kappa shape index (κ1) is 17.0. The second-order valence-electron chi connectivity index (χ2n) is 6.35. The van der Waals surface area contributed by atoms with Gasteiger partial charge in [-0.05, 0) is 24.3 Å².